The van der Waals surface area contributed by atoms with Crippen LogP contribution in [-0.4, -0.2) is 30.3 Å². The zero-order chi connectivity index (χ0) is 14.3. The van der Waals surface area contributed by atoms with Crippen molar-refractivity contribution >= 4 is 11.6 Å². The number of nitrogen functional groups attached to an aromatic ring is 1. The number of carbonyl (C=O) groups excluding carboxylic acids is 1. The molecule has 0 radical (unpaired) electrons. The largest absolute Gasteiger partial charge is 0.492 e. The molecule has 0 aliphatic carbocycles. The molecule has 1 unspecified atom stereocenters. The van der Waals surface area contributed by atoms with Crippen molar-refractivity contribution in [1.82, 2.24) is 5.32 Å². The molecule has 5 heteroatoms. The van der Waals surface area contributed by atoms with Gasteiger partial charge in [-0.2, -0.15) is 0 Å². The molecular weight excluding hydrogens is 244 g/mol. The fraction of sp³-hybridized carbons (Fsp3) is 0.500. The van der Waals surface area contributed by atoms with Crippen LogP contribution in [0, 0.1) is 0 Å². The number of aliphatic hydroxyl groups is 1. The molecule has 1 aromatic rings. The standard InChI is InChI=1S/C14H22N2O3/c1-3-11(7-8-17)16-14(18)10-5-6-13(19-4-2)12(15)9-10/h5-6,9,11,17H,3-4,7-8,15H2,1-2H3,(H,16,18). The lowest BCUT2D eigenvalue weighted by molar-refractivity contribution is 0.0929. The number of ether oxygens (including phenoxy) is 1. The van der Waals surface area contributed by atoms with Gasteiger partial charge in [-0.05, 0) is 38.0 Å². The summed E-state index contributed by atoms with van der Waals surface area (Å²) in [6.45, 7) is 4.43. The molecule has 1 aromatic carbocycles. The van der Waals surface area contributed by atoms with E-state index in [-0.39, 0.29) is 18.6 Å². The third-order valence-corrected chi connectivity index (χ3v) is 2.88. The number of aliphatic hydroxyl groups excluding tert-OH is 1. The summed E-state index contributed by atoms with van der Waals surface area (Å²) in [6, 6.07) is 4.96. The molecule has 1 atom stereocenters. The topological polar surface area (TPSA) is 84.6 Å². The molecule has 0 heterocycles. The Bertz CT molecular complexity index is 421. The molecule has 1 amide bonds. The van der Waals surface area contributed by atoms with Gasteiger partial charge in [-0.15, -0.1) is 0 Å². The van der Waals surface area contributed by atoms with Gasteiger partial charge < -0.3 is 20.9 Å². The van der Waals surface area contributed by atoms with Crippen molar-refractivity contribution in [3.05, 3.63) is 23.8 Å². The minimum absolute atomic E-state index is 0.0229. The quantitative estimate of drug-likeness (QED) is 0.654. The van der Waals surface area contributed by atoms with E-state index in [1.165, 1.54) is 0 Å². The van der Waals surface area contributed by atoms with Crippen LogP contribution in [0.25, 0.3) is 0 Å². The Morgan fingerprint density at radius 3 is 2.74 bits per heavy atom. The van der Waals surface area contributed by atoms with Crippen LogP contribution in [0.5, 0.6) is 5.75 Å². The molecule has 1 rings (SSSR count). The maximum atomic E-state index is 12.0. The zero-order valence-corrected chi connectivity index (χ0v) is 11.5. The van der Waals surface area contributed by atoms with Gasteiger partial charge in [0.15, 0.2) is 0 Å². The van der Waals surface area contributed by atoms with Crippen LogP contribution in [0.1, 0.15) is 37.0 Å². The highest BCUT2D eigenvalue weighted by Gasteiger charge is 2.13. The van der Waals surface area contributed by atoms with E-state index in [0.29, 0.717) is 30.0 Å². The van der Waals surface area contributed by atoms with Gasteiger partial charge in [0.1, 0.15) is 5.75 Å². The summed E-state index contributed by atoms with van der Waals surface area (Å²) in [4.78, 5) is 12.0. The van der Waals surface area contributed by atoms with Gasteiger partial charge >= 0.3 is 0 Å². The van der Waals surface area contributed by atoms with Crippen LogP contribution >= 0.6 is 0 Å². The maximum Gasteiger partial charge on any atom is 0.251 e. The predicted molar refractivity (Wildman–Crippen MR) is 75.3 cm³/mol. The molecule has 5 nitrogen and oxygen atoms in total. The Hall–Kier alpha value is -1.75. The Kier molecular flexibility index (Phi) is 6.15. The van der Waals surface area contributed by atoms with Crippen molar-refractivity contribution in [3.8, 4) is 5.75 Å². The van der Waals surface area contributed by atoms with Gasteiger partial charge in [-0.1, -0.05) is 6.92 Å². The summed E-state index contributed by atoms with van der Waals surface area (Å²) in [6.07, 6.45) is 1.33. The number of rotatable bonds is 7. The number of hydrogen-bond donors (Lipinski definition) is 3. The molecule has 0 saturated heterocycles. The van der Waals surface area contributed by atoms with E-state index in [9.17, 15) is 4.79 Å². The smallest absolute Gasteiger partial charge is 0.251 e. The maximum absolute atomic E-state index is 12.0. The first kappa shape index (κ1) is 15.3. The summed E-state index contributed by atoms with van der Waals surface area (Å²) >= 11 is 0. The van der Waals surface area contributed by atoms with Crippen LogP contribution in [0.15, 0.2) is 18.2 Å². The van der Waals surface area contributed by atoms with E-state index >= 15 is 0 Å². The Labute approximate surface area is 113 Å². The third-order valence-electron chi connectivity index (χ3n) is 2.88. The van der Waals surface area contributed by atoms with E-state index < -0.39 is 0 Å². The monoisotopic (exact) mass is 266 g/mol. The lowest BCUT2D eigenvalue weighted by atomic mass is 10.1. The Balaban J connectivity index is 2.74. The van der Waals surface area contributed by atoms with E-state index in [0.717, 1.165) is 6.42 Å². The number of carbonyl (C=O) groups is 1. The predicted octanol–water partition coefficient (Wildman–Crippen LogP) is 1.56. The second-order valence-corrected chi connectivity index (χ2v) is 4.28. The molecule has 0 aliphatic heterocycles. The van der Waals surface area contributed by atoms with E-state index in [1.807, 2.05) is 13.8 Å². The minimum Gasteiger partial charge on any atom is -0.492 e. The molecule has 4 N–H and O–H groups in total. The second kappa shape index (κ2) is 7.63. The molecule has 0 spiro atoms. The first-order valence-corrected chi connectivity index (χ1v) is 6.56. The van der Waals surface area contributed by atoms with Crippen LogP contribution in [0.3, 0.4) is 0 Å². The second-order valence-electron chi connectivity index (χ2n) is 4.28. The van der Waals surface area contributed by atoms with Crippen LogP contribution < -0.4 is 15.8 Å². The number of nitrogens with two attached hydrogens (primary N) is 1. The van der Waals surface area contributed by atoms with Crippen molar-refractivity contribution in [2.75, 3.05) is 18.9 Å². The highest BCUT2D eigenvalue weighted by Crippen LogP contribution is 2.22. The first-order chi connectivity index (χ1) is 9.12. The van der Waals surface area contributed by atoms with E-state index in [2.05, 4.69) is 5.32 Å². The summed E-state index contributed by atoms with van der Waals surface area (Å²) in [5.41, 5.74) is 6.77. The number of amides is 1. The number of anilines is 1. The molecule has 0 aliphatic rings. The Morgan fingerprint density at radius 1 is 1.47 bits per heavy atom. The zero-order valence-electron chi connectivity index (χ0n) is 11.5. The molecule has 106 valence electrons. The van der Waals surface area contributed by atoms with Gasteiger partial charge in [0.2, 0.25) is 0 Å². The van der Waals surface area contributed by atoms with E-state index in [1.54, 1.807) is 18.2 Å². The van der Waals surface area contributed by atoms with Crippen LogP contribution in [-0.2, 0) is 0 Å². The van der Waals surface area contributed by atoms with Crippen molar-refractivity contribution in [1.29, 1.82) is 0 Å². The van der Waals surface area contributed by atoms with Gasteiger partial charge in [0.25, 0.3) is 5.91 Å². The number of hydrogen-bond acceptors (Lipinski definition) is 4. The van der Waals surface area contributed by atoms with Gasteiger partial charge in [-0.3, -0.25) is 4.79 Å². The molecular formula is C14H22N2O3. The fourth-order valence-electron chi connectivity index (χ4n) is 1.78. The summed E-state index contributed by atoms with van der Waals surface area (Å²) in [7, 11) is 0. The van der Waals surface area contributed by atoms with Gasteiger partial charge in [-0.25, -0.2) is 0 Å². The average Bonchev–Trinajstić information content (AvgIpc) is 2.40. The average molecular weight is 266 g/mol. The fourth-order valence-corrected chi connectivity index (χ4v) is 1.78. The number of benzene rings is 1. The van der Waals surface area contributed by atoms with Crippen LogP contribution in [0.2, 0.25) is 0 Å². The summed E-state index contributed by atoms with van der Waals surface area (Å²) in [5, 5.41) is 11.8. The molecule has 0 fully saturated rings. The molecule has 0 aromatic heterocycles. The number of nitrogens with one attached hydrogen (secondary N) is 1. The molecule has 19 heavy (non-hydrogen) atoms. The SMILES string of the molecule is CCOc1ccc(C(=O)NC(CC)CCO)cc1N. The van der Waals surface area contributed by atoms with Crippen LogP contribution in [0.4, 0.5) is 5.69 Å². The van der Waals surface area contributed by atoms with Gasteiger partial charge in [0, 0.05) is 18.2 Å². The summed E-state index contributed by atoms with van der Waals surface area (Å²) < 4.78 is 5.32. The highest BCUT2D eigenvalue weighted by molar-refractivity contribution is 5.95. The van der Waals surface area contributed by atoms with E-state index in [4.69, 9.17) is 15.6 Å². The van der Waals surface area contributed by atoms with Crippen molar-refractivity contribution in [2.45, 2.75) is 32.7 Å². The lowest BCUT2D eigenvalue weighted by Crippen LogP contribution is -2.35. The normalized spacial score (nSPS) is 11.9. The van der Waals surface area contributed by atoms with Crippen molar-refractivity contribution in [3.63, 3.8) is 0 Å². The van der Waals surface area contributed by atoms with Crippen molar-refractivity contribution in [2.24, 2.45) is 0 Å². The lowest BCUT2D eigenvalue weighted by Gasteiger charge is -2.16. The highest BCUT2D eigenvalue weighted by atomic mass is 16.5. The Morgan fingerprint density at radius 2 is 2.21 bits per heavy atom. The molecule has 0 saturated carbocycles. The summed E-state index contributed by atoms with van der Waals surface area (Å²) in [5.74, 6) is 0.400. The minimum atomic E-state index is -0.185. The van der Waals surface area contributed by atoms with Gasteiger partial charge in [0.05, 0.1) is 12.3 Å². The molecule has 0 bridgehead atoms. The third kappa shape index (κ3) is 4.44. The van der Waals surface area contributed by atoms with Crippen molar-refractivity contribution < 1.29 is 14.6 Å². The first-order valence-electron chi connectivity index (χ1n) is 6.56.